The van der Waals surface area contributed by atoms with E-state index in [2.05, 4.69) is 64.1 Å². The van der Waals surface area contributed by atoms with E-state index in [0.29, 0.717) is 12.0 Å². The number of halogens is 2. The molecule has 2 atom stereocenters. The Morgan fingerprint density at radius 2 is 1.71 bits per heavy atom. The summed E-state index contributed by atoms with van der Waals surface area (Å²) in [5, 5.41) is 6.75. The number of fused-ring (bicyclic) bond motifs is 3. The molecule has 2 heterocycles. The number of rotatable bonds is 2. The predicted octanol–water partition coefficient (Wildman–Crippen LogP) is 3.66. The van der Waals surface area contributed by atoms with E-state index in [1.165, 1.54) is 22.4 Å². The highest BCUT2D eigenvalue weighted by Gasteiger charge is 2.34. The highest BCUT2D eigenvalue weighted by atomic mass is 35.5. The first-order chi connectivity index (χ1) is 10.9. The van der Waals surface area contributed by atoms with Crippen molar-refractivity contribution in [2.24, 2.45) is 0 Å². The summed E-state index contributed by atoms with van der Waals surface area (Å²) in [5.41, 5.74) is 5.60. The largest absolute Gasteiger partial charge is 0.388 e. The van der Waals surface area contributed by atoms with E-state index >= 15 is 0 Å². The summed E-state index contributed by atoms with van der Waals surface area (Å²) in [6.45, 7) is 4.44. The van der Waals surface area contributed by atoms with Crippen LogP contribution < -0.4 is 10.6 Å². The zero-order valence-corrected chi connectivity index (χ0v) is 15.5. The summed E-state index contributed by atoms with van der Waals surface area (Å²) in [4.78, 5) is 2.65. The Bertz CT molecular complexity index is 660. The standard InChI is InChI=1S/C19H23N3.2ClH/c1-20-15-8-6-14(7-9-15)18-13-22-11-10-21-12-19(22)17-5-3-2-4-16(17)18;;/h2-9,18-21H,10-13H2,1H3;2*1H. The van der Waals surface area contributed by atoms with Crippen molar-refractivity contribution in [2.45, 2.75) is 12.0 Å². The zero-order chi connectivity index (χ0) is 14.9. The summed E-state index contributed by atoms with van der Waals surface area (Å²) in [6.07, 6.45) is 0. The highest BCUT2D eigenvalue weighted by Crippen LogP contribution is 2.39. The number of piperazine rings is 1. The summed E-state index contributed by atoms with van der Waals surface area (Å²) in [7, 11) is 1.97. The lowest BCUT2D eigenvalue weighted by atomic mass is 9.81. The fourth-order valence-corrected chi connectivity index (χ4v) is 3.90. The second-order valence-corrected chi connectivity index (χ2v) is 6.27. The predicted molar refractivity (Wildman–Crippen MR) is 106 cm³/mol. The number of nitrogens with one attached hydrogen (secondary N) is 2. The molecule has 0 saturated carbocycles. The number of hydrogen-bond acceptors (Lipinski definition) is 3. The topological polar surface area (TPSA) is 27.3 Å². The van der Waals surface area contributed by atoms with Crippen LogP contribution in [0.25, 0.3) is 0 Å². The third-order valence-corrected chi connectivity index (χ3v) is 5.10. The number of hydrogen-bond donors (Lipinski definition) is 2. The summed E-state index contributed by atoms with van der Waals surface area (Å²) < 4.78 is 0. The minimum absolute atomic E-state index is 0. The Kier molecular flexibility index (Phi) is 6.53. The van der Waals surface area contributed by atoms with Crippen LogP contribution in [-0.2, 0) is 0 Å². The maximum atomic E-state index is 3.54. The van der Waals surface area contributed by atoms with Crippen LogP contribution in [0.1, 0.15) is 28.7 Å². The van der Waals surface area contributed by atoms with Crippen LogP contribution in [0.2, 0.25) is 0 Å². The average molecular weight is 366 g/mol. The van der Waals surface area contributed by atoms with Gasteiger partial charge in [-0.3, -0.25) is 4.90 Å². The van der Waals surface area contributed by atoms with Crippen LogP contribution in [0.4, 0.5) is 5.69 Å². The van der Waals surface area contributed by atoms with Crippen LogP contribution >= 0.6 is 24.8 Å². The van der Waals surface area contributed by atoms with Crippen molar-refractivity contribution in [2.75, 3.05) is 38.5 Å². The van der Waals surface area contributed by atoms with Crippen molar-refractivity contribution in [3.05, 3.63) is 65.2 Å². The molecule has 2 N–H and O–H groups in total. The molecule has 2 aliphatic heterocycles. The molecular formula is C19H25Cl2N3. The molecule has 2 aromatic carbocycles. The quantitative estimate of drug-likeness (QED) is 0.850. The number of nitrogens with zero attached hydrogens (tertiary/aromatic N) is 1. The first kappa shape index (κ1) is 19.1. The molecule has 2 aromatic rings. The molecule has 3 nitrogen and oxygen atoms in total. The van der Waals surface area contributed by atoms with Gasteiger partial charge in [0.25, 0.3) is 0 Å². The van der Waals surface area contributed by atoms with E-state index in [4.69, 9.17) is 0 Å². The first-order valence-electron chi connectivity index (χ1n) is 8.18. The average Bonchev–Trinajstić information content (AvgIpc) is 2.61. The molecule has 5 heteroatoms. The lowest BCUT2D eigenvalue weighted by molar-refractivity contribution is 0.143. The fourth-order valence-electron chi connectivity index (χ4n) is 3.90. The molecule has 4 rings (SSSR count). The van der Waals surface area contributed by atoms with Gasteiger partial charge in [0.05, 0.1) is 0 Å². The second kappa shape index (κ2) is 8.21. The zero-order valence-electron chi connectivity index (χ0n) is 13.9. The van der Waals surface area contributed by atoms with E-state index in [0.717, 1.165) is 26.2 Å². The first-order valence-corrected chi connectivity index (χ1v) is 8.18. The van der Waals surface area contributed by atoms with Gasteiger partial charge in [-0.05, 0) is 28.8 Å². The van der Waals surface area contributed by atoms with Gasteiger partial charge in [-0.2, -0.15) is 0 Å². The van der Waals surface area contributed by atoms with Crippen molar-refractivity contribution in [1.29, 1.82) is 0 Å². The maximum Gasteiger partial charge on any atom is 0.0476 e. The second-order valence-electron chi connectivity index (χ2n) is 6.27. The minimum atomic E-state index is 0. The van der Waals surface area contributed by atoms with E-state index in [1.54, 1.807) is 0 Å². The normalized spacial score (nSPS) is 22.4. The van der Waals surface area contributed by atoms with Crippen LogP contribution in [0, 0.1) is 0 Å². The van der Waals surface area contributed by atoms with Gasteiger partial charge >= 0.3 is 0 Å². The molecule has 24 heavy (non-hydrogen) atoms. The van der Waals surface area contributed by atoms with Crippen LogP contribution in [0.15, 0.2) is 48.5 Å². The van der Waals surface area contributed by atoms with Crippen LogP contribution in [0.3, 0.4) is 0 Å². The Balaban J connectivity index is 0.00000104. The molecule has 0 radical (unpaired) electrons. The maximum absolute atomic E-state index is 3.54. The van der Waals surface area contributed by atoms with E-state index < -0.39 is 0 Å². The van der Waals surface area contributed by atoms with Crippen LogP contribution in [0.5, 0.6) is 0 Å². The molecule has 1 saturated heterocycles. The van der Waals surface area contributed by atoms with Crippen molar-refractivity contribution >= 4 is 30.5 Å². The van der Waals surface area contributed by atoms with Gasteiger partial charge in [0.15, 0.2) is 0 Å². The van der Waals surface area contributed by atoms with E-state index in [-0.39, 0.29) is 24.8 Å². The molecular weight excluding hydrogens is 341 g/mol. The third-order valence-electron chi connectivity index (χ3n) is 5.10. The van der Waals surface area contributed by atoms with E-state index in [9.17, 15) is 0 Å². The van der Waals surface area contributed by atoms with Crippen molar-refractivity contribution in [1.82, 2.24) is 10.2 Å². The molecule has 0 bridgehead atoms. The van der Waals surface area contributed by atoms with Gasteiger partial charge in [-0.25, -0.2) is 0 Å². The fraction of sp³-hybridized carbons (Fsp3) is 0.368. The molecule has 2 unspecified atom stereocenters. The molecule has 2 aliphatic rings. The van der Waals surface area contributed by atoms with Crippen LogP contribution in [-0.4, -0.2) is 38.1 Å². The monoisotopic (exact) mass is 365 g/mol. The molecule has 1 fully saturated rings. The Labute approximate surface area is 156 Å². The number of benzene rings is 2. The van der Waals surface area contributed by atoms with Gasteiger partial charge in [0.2, 0.25) is 0 Å². The van der Waals surface area contributed by atoms with Crippen molar-refractivity contribution in [3.63, 3.8) is 0 Å². The Morgan fingerprint density at radius 3 is 2.42 bits per heavy atom. The molecule has 0 amide bonds. The van der Waals surface area contributed by atoms with Crippen molar-refractivity contribution in [3.8, 4) is 0 Å². The van der Waals surface area contributed by atoms with Gasteiger partial charge in [0.1, 0.15) is 0 Å². The molecule has 130 valence electrons. The molecule has 0 aromatic heterocycles. The number of anilines is 1. The molecule has 0 aliphatic carbocycles. The van der Waals surface area contributed by atoms with Gasteiger partial charge in [-0.15, -0.1) is 24.8 Å². The van der Waals surface area contributed by atoms with Gasteiger partial charge < -0.3 is 10.6 Å². The lowest BCUT2D eigenvalue weighted by Crippen LogP contribution is -2.50. The minimum Gasteiger partial charge on any atom is -0.388 e. The van der Waals surface area contributed by atoms with Gasteiger partial charge in [0, 0.05) is 50.9 Å². The smallest absolute Gasteiger partial charge is 0.0476 e. The summed E-state index contributed by atoms with van der Waals surface area (Å²) in [6, 6.07) is 18.4. The lowest BCUT2D eigenvalue weighted by Gasteiger charge is -2.44. The summed E-state index contributed by atoms with van der Waals surface area (Å²) >= 11 is 0. The Hall–Kier alpha value is -1.26. The highest BCUT2D eigenvalue weighted by molar-refractivity contribution is 5.85. The van der Waals surface area contributed by atoms with Crippen molar-refractivity contribution < 1.29 is 0 Å². The summed E-state index contributed by atoms with van der Waals surface area (Å²) in [5.74, 6) is 0.483. The molecule has 0 spiro atoms. The Morgan fingerprint density at radius 1 is 1.00 bits per heavy atom. The van der Waals surface area contributed by atoms with Gasteiger partial charge in [-0.1, -0.05) is 36.4 Å². The third kappa shape index (κ3) is 3.40. The van der Waals surface area contributed by atoms with E-state index in [1.807, 2.05) is 7.05 Å². The SMILES string of the molecule is CNc1ccc(C2CN3CCNCC3c3ccccc32)cc1.Cl.Cl.